The van der Waals surface area contributed by atoms with E-state index in [1.165, 1.54) is 0 Å². The molecule has 0 spiro atoms. The van der Waals surface area contributed by atoms with E-state index in [1.807, 2.05) is 24.6 Å². The molecule has 0 aliphatic carbocycles. The Morgan fingerprint density at radius 3 is 2.86 bits per heavy atom. The number of hydrogen-bond acceptors (Lipinski definition) is 3. The smallest absolute Gasteiger partial charge is 0.224 e. The van der Waals surface area contributed by atoms with Crippen LogP contribution in [0.25, 0.3) is 0 Å². The van der Waals surface area contributed by atoms with Gasteiger partial charge in [0, 0.05) is 17.8 Å². The van der Waals surface area contributed by atoms with Crippen molar-refractivity contribution >= 4 is 22.9 Å². The first-order valence-corrected chi connectivity index (χ1v) is 5.62. The first-order chi connectivity index (χ1) is 6.59. The Labute approximate surface area is 88.3 Å². The molecule has 0 aromatic carbocycles. The van der Waals surface area contributed by atoms with Crippen molar-refractivity contribution in [2.24, 2.45) is 5.73 Å². The topological polar surface area (TPSA) is 55.1 Å². The third-order valence-corrected chi connectivity index (χ3v) is 2.82. The van der Waals surface area contributed by atoms with Crippen LogP contribution in [0.2, 0.25) is 0 Å². The molecular formula is C10H16N2OS. The van der Waals surface area contributed by atoms with Gasteiger partial charge in [-0.05, 0) is 31.2 Å². The minimum Gasteiger partial charge on any atom is -0.328 e. The van der Waals surface area contributed by atoms with E-state index < -0.39 is 0 Å². The van der Waals surface area contributed by atoms with E-state index in [0.29, 0.717) is 6.42 Å². The van der Waals surface area contributed by atoms with Crippen LogP contribution in [0.5, 0.6) is 0 Å². The lowest BCUT2D eigenvalue weighted by Gasteiger charge is -2.06. The van der Waals surface area contributed by atoms with Crippen molar-refractivity contribution in [3.05, 3.63) is 16.3 Å². The monoisotopic (exact) mass is 212 g/mol. The number of anilines is 1. The molecule has 0 bridgehead atoms. The summed E-state index contributed by atoms with van der Waals surface area (Å²) >= 11 is 1.59. The number of rotatable bonds is 4. The highest BCUT2D eigenvalue weighted by Gasteiger charge is 2.06. The largest absolute Gasteiger partial charge is 0.328 e. The fourth-order valence-electron chi connectivity index (χ4n) is 1.06. The normalized spacial score (nSPS) is 12.5. The predicted octanol–water partition coefficient (Wildman–Crippen LogP) is 2.12. The summed E-state index contributed by atoms with van der Waals surface area (Å²) in [6, 6.07) is 0.0873. The first-order valence-electron chi connectivity index (χ1n) is 4.68. The highest BCUT2D eigenvalue weighted by molar-refractivity contribution is 7.08. The zero-order valence-electron chi connectivity index (χ0n) is 8.54. The van der Waals surface area contributed by atoms with Crippen molar-refractivity contribution in [2.45, 2.75) is 32.7 Å². The molecule has 3 nitrogen and oxygen atoms in total. The van der Waals surface area contributed by atoms with E-state index in [9.17, 15) is 4.79 Å². The van der Waals surface area contributed by atoms with Gasteiger partial charge in [-0.1, -0.05) is 0 Å². The lowest BCUT2D eigenvalue weighted by Crippen LogP contribution is -2.19. The maximum absolute atomic E-state index is 11.4. The van der Waals surface area contributed by atoms with Crippen molar-refractivity contribution in [1.82, 2.24) is 0 Å². The van der Waals surface area contributed by atoms with Crippen LogP contribution in [-0.2, 0) is 4.79 Å². The molecule has 0 aliphatic rings. The number of nitrogens with one attached hydrogen (secondary N) is 1. The van der Waals surface area contributed by atoms with Crippen LogP contribution in [-0.4, -0.2) is 11.9 Å². The van der Waals surface area contributed by atoms with Crippen molar-refractivity contribution in [3.63, 3.8) is 0 Å². The summed E-state index contributed by atoms with van der Waals surface area (Å²) in [6.07, 6.45) is 1.22. The van der Waals surface area contributed by atoms with Crippen molar-refractivity contribution in [1.29, 1.82) is 0 Å². The van der Waals surface area contributed by atoms with Crippen molar-refractivity contribution in [3.8, 4) is 0 Å². The SMILES string of the molecule is Cc1cscc1NC(=O)CCC(C)N. The molecule has 0 saturated carbocycles. The molecule has 78 valence electrons. The Kier molecular flexibility index (Phi) is 4.10. The van der Waals surface area contributed by atoms with Gasteiger partial charge in [0.1, 0.15) is 0 Å². The standard InChI is InChI=1S/C10H16N2OS/c1-7-5-14-6-9(7)12-10(13)4-3-8(2)11/h5-6,8H,3-4,11H2,1-2H3,(H,12,13). The second-order valence-electron chi connectivity index (χ2n) is 3.53. The van der Waals surface area contributed by atoms with Crippen LogP contribution >= 0.6 is 11.3 Å². The summed E-state index contributed by atoms with van der Waals surface area (Å²) in [5, 5.41) is 6.82. The number of carbonyl (C=O) groups excluding carboxylic acids is 1. The first kappa shape index (κ1) is 11.2. The number of amides is 1. The number of hydrogen-bond donors (Lipinski definition) is 2. The van der Waals surface area contributed by atoms with Gasteiger partial charge in [-0.25, -0.2) is 0 Å². The van der Waals surface area contributed by atoms with Crippen LogP contribution < -0.4 is 11.1 Å². The van der Waals surface area contributed by atoms with E-state index in [2.05, 4.69) is 5.32 Å². The second kappa shape index (κ2) is 5.12. The Morgan fingerprint density at radius 1 is 1.64 bits per heavy atom. The Bertz CT molecular complexity index is 307. The van der Waals surface area contributed by atoms with Gasteiger partial charge in [0.2, 0.25) is 5.91 Å². The minimum atomic E-state index is 0.0452. The molecule has 1 aromatic heterocycles. The minimum absolute atomic E-state index is 0.0452. The highest BCUT2D eigenvalue weighted by atomic mass is 32.1. The third kappa shape index (κ3) is 3.47. The molecule has 0 aliphatic heterocycles. The molecule has 14 heavy (non-hydrogen) atoms. The summed E-state index contributed by atoms with van der Waals surface area (Å²) in [7, 11) is 0. The lowest BCUT2D eigenvalue weighted by atomic mass is 10.2. The van der Waals surface area contributed by atoms with Crippen molar-refractivity contribution < 1.29 is 4.79 Å². The van der Waals surface area contributed by atoms with Gasteiger partial charge in [-0.2, -0.15) is 0 Å². The molecule has 1 atom stereocenters. The highest BCUT2D eigenvalue weighted by Crippen LogP contribution is 2.19. The summed E-state index contributed by atoms with van der Waals surface area (Å²) in [5.41, 5.74) is 7.60. The Hall–Kier alpha value is -0.870. The number of nitrogens with two attached hydrogens (primary N) is 1. The second-order valence-corrected chi connectivity index (χ2v) is 4.28. The summed E-state index contributed by atoms with van der Waals surface area (Å²) < 4.78 is 0. The van der Waals surface area contributed by atoms with E-state index in [1.54, 1.807) is 11.3 Å². The molecule has 1 heterocycles. The average molecular weight is 212 g/mol. The van der Waals surface area contributed by atoms with Gasteiger partial charge in [0.05, 0.1) is 5.69 Å². The van der Waals surface area contributed by atoms with Crippen LogP contribution in [0, 0.1) is 6.92 Å². The number of carbonyl (C=O) groups is 1. The van der Waals surface area contributed by atoms with Crippen LogP contribution in [0.15, 0.2) is 10.8 Å². The average Bonchev–Trinajstić information content (AvgIpc) is 2.49. The molecule has 0 saturated heterocycles. The predicted molar refractivity (Wildman–Crippen MR) is 60.6 cm³/mol. The van der Waals surface area contributed by atoms with Crippen LogP contribution in [0.4, 0.5) is 5.69 Å². The molecular weight excluding hydrogens is 196 g/mol. The van der Waals surface area contributed by atoms with E-state index in [0.717, 1.165) is 17.7 Å². The van der Waals surface area contributed by atoms with Gasteiger partial charge >= 0.3 is 0 Å². The summed E-state index contributed by atoms with van der Waals surface area (Å²) in [6.45, 7) is 3.89. The maximum Gasteiger partial charge on any atom is 0.224 e. The van der Waals surface area contributed by atoms with Crippen LogP contribution in [0.3, 0.4) is 0 Å². The Balaban J connectivity index is 2.38. The van der Waals surface area contributed by atoms with E-state index >= 15 is 0 Å². The Morgan fingerprint density at radius 2 is 2.36 bits per heavy atom. The molecule has 0 radical (unpaired) electrons. The van der Waals surface area contributed by atoms with Gasteiger partial charge in [0.25, 0.3) is 0 Å². The van der Waals surface area contributed by atoms with Crippen LogP contribution in [0.1, 0.15) is 25.3 Å². The fraction of sp³-hybridized carbons (Fsp3) is 0.500. The van der Waals surface area contributed by atoms with Gasteiger partial charge in [-0.15, -0.1) is 11.3 Å². The molecule has 0 fully saturated rings. The van der Waals surface area contributed by atoms with Gasteiger partial charge in [-0.3, -0.25) is 4.79 Å². The molecule has 3 N–H and O–H groups in total. The van der Waals surface area contributed by atoms with Crippen molar-refractivity contribution in [2.75, 3.05) is 5.32 Å². The quantitative estimate of drug-likeness (QED) is 0.803. The number of thiophene rings is 1. The van der Waals surface area contributed by atoms with Gasteiger partial charge < -0.3 is 11.1 Å². The van der Waals surface area contributed by atoms with E-state index in [4.69, 9.17) is 5.73 Å². The zero-order valence-corrected chi connectivity index (χ0v) is 9.36. The molecule has 1 aromatic rings. The molecule has 1 amide bonds. The zero-order chi connectivity index (χ0) is 10.6. The maximum atomic E-state index is 11.4. The molecule has 1 unspecified atom stereocenters. The number of aryl methyl sites for hydroxylation is 1. The summed E-state index contributed by atoms with van der Waals surface area (Å²) in [4.78, 5) is 11.4. The van der Waals surface area contributed by atoms with Gasteiger partial charge in [0.15, 0.2) is 0 Å². The third-order valence-electron chi connectivity index (χ3n) is 1.96. The lowest BCUT2D eigenvalue weighted by molar-refractivity contribution is -0.116. The molecule has 1 rings (SSSR count). The fourth-order valence-corrected chi connectivity index (χ4v) is 1.84. The summed E-state index contributed by atoms with van der Waals surface area (Å²) in [5.74, 6) is 0.0452. The van der Waals surface area contributed by atoms with E-state index in [-0.39, 0.29) is 11.9 Å². The molecule has 4 heteroatoms.